The van der Waals surface area contributed by atoms with Gasteiger partial charge in [-0.05, 0) is 36.2 Å². The Kier molecular flexibility index (Phi) is 8.53. The lowest BCUT2D eigenvalue weighted by atomic mass is 10.00. The first-order chi connectivity index (χ1) is 10.0. The number of nitrogens with zero attached hydrogens (tertiary/aromatic N) is 1. The highest BCUT2D eigenvalue weighted by molar-refractivity contribution is 7.80. The van der Waals surface area contributed by atoms with Crippen LogP contribution >= 0.6 is 35.4 Å². The monoisotopic (exact) mass is 347 g/mol. The summed E-state index contributed by atoms with van der Waals surface area (Å²) in [5, 5.41) is 1.32. The van der Waals surface area contributed by atoms with Gasteiger partial charge in [-0.3, -0.25) is 0 Å². The van der Waals surface area contributed by atoms with Gasteiger partial charge < -0.3 is 4.74 Å². The summed E-state index contributed by atoms with van der Waals surface area (Å²) in [4.78, 5) is 3.95. The Morgan fingerprint density at radius 3 is 2.71 bits per heavy atom. The lowest BCUT2D eigenvalue weighted by Crippen LogP contribution is -2.17. The van der Waals surface area contributed by atoms with Crippen LogP contribution in [-0.2, 0) is 4.74 Å². The quantitative estimate of drug-likeness (QED) is 0.421. The SMILES string of the molecule is CCCCC(CC)COC(=S)C(C)c1ccnc(Cl)c1Cl. The molecule has 118 valence electrons. The van der Waals surface area contributed by atoms with Gasteiger partial charge in [-0.25, -0.2) is 4.98 Å². The third-order valence-electron chi connectivity index (χ3n) is 3.70. The van der Waals surface area contributed by atoms with Crippen molar-refractivity contribution in [3.63, 3.8) is 0 Å². The maximum atomic E-state index is 6.18. The molecule has 0 N–H and O–H groups in total. The Hall–Kier alpha value is -0.380. The number of pyridine rings is 1. The third kappa shape index (κ3) is 5.72. The predicted octanol–water partition coefficient (Wildman–Crippen LogP) is 6.05. The molecule has 1 rings (SSSR count). The lowest BCUT2D eigenvalue weighted by molar-refractivity contribution is 0.221. The van der Waals surface area contributed by atoms with Crippen molar-refractivity contribution >= 4 is 40.5 Å². The largest absolute Gasteiger partial charge is 0.486 e. The molecule has 2 nitrogen and oxygen atoms in total. The Morgan fingerprint density at radius 2 is 2.10 bits per heavy atom. The Bertz CT molecular complexity index is 468. The van der Waals surface area contributed by atoms with Gasteiger partial charge in [-0.15, -0.1) is 0 Å². The number of unbranched alkanes of at least 4 members (excludes halogenated alkanes) is 1. The van der Waals surface area contributed by atoms with Crippen molar-refractivity contribution in [2.45, 2.75) is 52.4 Å². The molecule has 0 spiro atoms. The summed E-state index contributed by atoms with van der Waals surface area (Å²) < 4.78 is 5.81. The highest BCUT2D eigenvalue weighted by atomic mass is 35.5. The van der Waals surface area contributed by atoms with Gasteiger partial charge in [0.05, 0.1) is 17.5 Å². The van der Waals surface area contributed by atoms with E-state index in [0.717, 1.165) is 12.0 Å². The normalized spacial score (nSPS) is 13.8. The number of hydrogen-bond donors (Lipinski definition) is 0. The van der Waals surface area contributed by atoms with Crippen molar-refractivity contribution in [1.29, 1.82) is 0 Å². The summed E-state index contributed by atoms with van der Waals surface area (Å²) in [5.41, 5.74) is 0.864. The summed E-state index contributed by atoms with van der Waals surface area (Å²) in [6.07, 6.45) is 6.38. The fraction of sp³-hybridized carbons (Fsp3) is 0.625. The molecule has 0 saturated carbocycles. The number of thiocarbonyl (C=S) groups is 1. The second kappa shape index (κ2) is 9.60. The lowest BCUT2D eigenvalue weighted by Gasteiger charge is -2.20. The first kappa shape index (κ1) is 18.7. The van der Waals surface area contributed by atoms with Gasteiger partial charge in [0.2, 0.25) is 0 Å². The summed E-state index contributed by atoms with van der Waals surface area (Å²) >= 11 is 17.5. The van der Waals surface area contributed by atoms with E-state index in [4.69, 9.17) is 40.2 Å². The predicted molar refractivity (Wildman–Crippen MR) is 94.5 cm³/mol. The van der Waals surface area contributed by atoms with Crippen LogP contribution < -0.4 is 0 Å². The Labute approximate surface area is 143 Å². The van der Waals surface area contributed by atoms with E-state index in [9.17, 15) is 0 Å². The van der Waals surface area contributed by atoms with E-state index in [1.165, 1.54) is 19.3 Å². The molecule has 5 heteroatoms. The summed E-state index contributed by atoms with van der Waals surface area (Å²) in [7, 11) is 0. The van der Waals surface area contributed by atoms with E-state index in [1.807, 2.05) is 13.0 Å². The number of halogens is 2. The summed E-state index contributed by atoms with van der Waals surface area (Å²) in [6.45, 7) is 7.05. The van der Waals surface area contributed by atoms with E-state index >= 15 is 0 Å². The molecule has 2 atom stereocenters. The minimum Gasteiger partial charge on any atom is -0.486 e. The molecule has 0 amide bonds. The summed E-state index contributed by atoms with van der Waals surface area (Å²) in [6, 6.07) is 1.84. The molecule has 21 heavy (non-hydrogen) atoms. The molecule has 1 aromatic rings. The smallest absolute Gasteiger partial charge is 0.166 e. The van der Waals surface area contributed by atoms with E-state index in [-0.39, 0.29) is 5.92 Å². The zero-order valence-corrected chi connectivity index (χ0v) is 15.2. The first-order valence-corrected chi connectivity index (χ1v) is 8.64. The van der Waals surface area contributed by atoms with Gasteiger partial charge in [-0.2, -0.15) is 0 Å². The highest BCUT2D eigenvalue weighted by Crippen LogP contribution is 2.30. The maximum absolute atomic E-state index is 6.18. The number of ether oxygens (including phenoxy) is 1. The first-order valence-electron chi connectivity index (χ1n) is 7.47. The van der Waals surface area contributed by atoms with Crippen LogP contribution in [0.15, 0.2) is 12.3 Å². The van der Waals surface area contributed by atoms with Gasteiger partial charge in [0.15, 0.2) is 5.05 Å². The van der Waals surface area contributed by atoms with Crippen molar-refractivity contribution in [1.82, 2.24) is 4.98 Å². The molecule has 0 radical (unpaired) electrons. The molecule has 1 heterocycles. The average molecular weight is 348 g/mol. The van der Waals surface area contributed by atoms with Crippen molar-refractivity contribution in [3.05, 3.63) is 28.0 Å². The van der Waals surface area contributed by atoms with Gasteiger partial charge in [0, 0.05) is 6.20 Å². The zero-order chi connectivity index (χ0) is 15.8. The van der Waals surface area contributed by atoms with Gasteiger partial charge in [0.25, 0.3) is 0 Å². The van der Waals surface area contributed by atoms with Crippen LogP contribution in [0.3, 0.4) is 0 Å². The summed E-state index contributed by atoms with van der Waals surface area (Å²) in [5.74, 6) is 0.489. The van der Waals surface area contributed by atoms with Gasteiger partial charge in [0.1, 0.15) is 5.15 Å². The van der Waals surface area contributed by atoms with Crippen molar-refractivity contribution in [3.8, 4) is 0 Å². The van der Waals surface area contributed by atoms with Gasteiger partial charge in [-0.1, -0.05) is 63.2 Å². The molecule has 0 aliphatic heterocycles. The van der Waals surface area contributed by atoms with E-state index < -0.39 is 0 Å². The molecule has 0 fully saturated rings. The van der Waals surface area contributed by atoms with Crippen LogP contribution in [0.4, 0.5) is 0 Å². The molecule has 1 aromatic heterocycles. The molecule has 0 bridgehead atoms. The zero-order valence-electron chi connectivity index (χ0n) is 12.9. The van der Waals surface area contributed by atoms with Crippen LogP contribution in [0.25, 0.3) is 0 Å². The van der Waals surface area contributed by atoms with Crippen LogP contribution in [0.5, 0.6) is 0 Å². The minimum absolute atomic E-state index is 0.0725. The fourth-order valence-electron chi connectivity index (χ4n) is 2.12. The van der Waals surface area contributed by atoms with E-state index in [2.05, 4.69) is 18.8 Å². The maximum Gasteiger partial charge on any atom is 0.166 e. The van der Waals surface area contributed by atoms with Crippen molar-refractivity contribution in [2.75, 3.05) is 6.61 Å². The van der Waals surface area contributed by atoms with Crippen molar-refractivity contribution in [2.24, 2.45) is 5.92 Å². The second-order valence-corrected chi connectivity index (χ2v) is 6.41. The standard InChI is InChI=1S/C16H23Cl2NOS/c1-4-6-7-12(5-2)10-20-16(21)11(3)13-8-9-19-15(18)14(13)17/h8-9,11-12H,4-7,10H2,1-3H3. The van der Waals surface area contributed by atoms with Crippen LogP contribution in [0.1, 0.15) is 57.9 Å². The molecular weight excluding hydrogens is 325 g/mol. The number of aromatic nitrogens is 1. The topological polar surface area (TPSA) is 22.1 Å². The minimum atomic E-state index is -0.0725. The molecule has 0 aliphatic rings. The van der Waals surface area contributed by atoms with Crippen LogP contribution in [0, 0.1) is 5.92 Å². The Morgan fingerprint density at radius 1 is 1.38 bits per heavy atom. The van der Waals surface area contributed by atoms with Crippen LogP contribution in [0.2, 0.25) is 10.2 Å². The molecule has 0 aromatic carbocycles. The molecule has 0 saturated heterocycles. The molecule has 0 aliphatic carbocycles. The van der Waals surface area contributed by atoms with E-state index in [0.29, 0.717) is 27.8 Å². The molecular formula is C16H23Cl2NOS. The van der Waals surface area contributed by atoms with Crippen molar-refractivity contribution < 1.29 is 4.74 Å². The third-order valence-corrected chi connectivity index (χ3v) is 4.95. The fourth-order valence-corrected chi connectivity index (χ4v) is 2.75. The second-order valence-electron chi connectivity index (χ2n) is 5.27. The Balaban J connectivity index is 2.60. The highest BCUT2D eigenvalue weighted by Gasteiger charge is 2.19. The van der Waals surface area contributed by atoms with Gasteiger partial charge >= 0.3 is 0 Å². The van der Waals surface area contributed by atoms with E-state index in [1.54, 1.807) is 6.20 Å². The molecule has 2 unspecified atom stereocenters. The average Bonchev–Trinajstić information content (AvgIpc) is 2.49. The number of rotatable bonds is 8. The number of hydrogen-bond acceptors (Lipinski definition) is 3. The van der Waals surface area contributed by atoms with Crippen LogP contribution in [-0.4, -0.2) is 16.6 Å².